The molecule has 2 N–H and O–H groups in total. The number of anilines is 1. The molecule has 0 aliphatic rings. The van der Waals surface area contributed by atoms with Crippen LogP contribution in [-0.4, -0.2) is 20.2 Å². The van der Waals surface area contributed by atoms with Crippen molar-refractivity contribution in [3.63, 3.8) is 0 Å². The van der Waals surface area contributed by atoms with Crippen molar-refractivity contribution >= 4 is 40.2 Å². The van der Waals surface area contributed by atoms with Crippen molar-refractivity contribution in [2.75, 3.05) is 5.32 Å². The van der Waals surface area contributed by atoms with Crippen LogP contribution in [0, 0.1) is 0 Å². The van der Waals surface area contributed by atoms with Gasteiger partial charge in [-0.2, -0.15) is 0 Å². The molecule has 0 fully saturated rings. The summed E-state index contributed by atoms with van der Waals surface area (Å²) in [7, 11) is 0. The van der Waals surface area contributed by atoms with Gasteiger partial charge in [-0.05, 0) is 49.4 Å². The lowest BCUT2D eigenvalue weighted by atomic mass is 10.3. The Labute approximate surface area is 166 Å². The van der Waals surface area contributed by atoms with Crippen LogP contribution in [0.1, 0.15) is 13.1 Å². The molecule has 2 heterocycles. The van der Waals surface area contributed by atoms with Crippen molar-refractivity contribution in [3.05, 3.63) is 77.9 Å². The molecule has 4 aromatic rings. The largest absolute Gasteiger partial charge is 0.273 e. The number of pyridine rings is 1. The van der Waals surface area contributed by atoms with E-state index in [1.54, 1.807) is 11.8 Å². The lowest BCUT2D eigenvalue weighted by molar-refractivity contribution is -0.361. The molecule has 5 nitrogen and oxygen atoms in total. The van der Waals surface area contributed by atoms with E-state index in [-0.39, 0.29) is 11.4 Å². The van der Waals surface area contributed by atoms with E-state index in [9.17, 15) is 0 Å². The average molecular weight is 397 g/mol. The van der Waals surface area contributed by atoms with Crippen LogP contribution in [0.25, 0.3) is 11.0 Å². The zero-order chi connectivity index (χ0) is 18.6. The fourth-order valence-electron chi connectivity index (χ4n) is 2.90. The predicted molar refractivity (Wildman–Crippen MR) is 110 cm³/mol. The summed E-state index contributed by atoms with van der Waals surface area (Å²) in [4.78, 5) is 4.39. The zero-order valence-corrected chi connectivity index (χ0v) is 16.3. The molecule has 2 aromatic heterocycles. The van der Waals surface area contributed by atoms with Gasteiger partial charge in [0, 0.05) is 16.0 Å². The maximum atomic E-state index is 6.02. The van der Waals surface area contributed by atoms with Crippen LogP contribution in [-0.2, 0) is 0 Å². The van der Waals surface area contributed by atoms with Crippen LogP contribution in [0.2, 0.25) is 5.02 Å². The van der Waals surface area contributed by atoms with Gasteiger partial charge in [0.25, 0.3) is 5.82 Å². The number of fused-ring (bicyclic) bond motifs is 1. The number of H-pyrrole nitrogens is 1. The first kappa shape index (κ1) is 17.8. The topological polar surface area (TPSA) is 56.9 Å². The highest BCUT2D eigenvalue weighted by Crippen LogP contribution is 2.32. The van der Waals surface area contributed by atoms with E-state index in [4.69, 9.17) is 11.6 Å². The summed E-state index contributed by atoms with van der Waals surface area (Å²) in [6.07, 6.45) is 1.80. The maximum Gasteiger partial charge on any atom is 0.273 e. The Morgan fingerprint density at radius 1 is 1.04 bits per heavy atom. The molecule has 0 saturated carbocycles. The fourth-order valence-corrected chi connectivity index (χ4v) is 4.07. The highest BCUT2D eigenvalue weighted by Gasteiger charge is 2.27. The van der Waals surface area contributed by atoms with Crippen LogP contribution < -0.4 is 10.3 Å². The third kappa shape index (κ3) is 4.07. The lowest BCUT2D eigenvalue weighted by Gasteiger charge is -2.21. The number of hydrogen-bond acceptors (Lipinski definition) is 4. The molecule has 7 heteroatoms. The quantitative estimate of drug-likeness (QED) is 0.480. The number of halogens is 1. The van der Waals surface area contributed by atoms with Crippen LogP contribution in [0.15, 0.2) is 77.8 Å². The van der Waals surface area contributed by atoms with E-state index in [2.05, 4.69) is 27.5 Å². The van der Waals surface area contributed by atoms with Crippen molar-refractivity contribution in [1.29, 1.82) is 0 Å². The van der Waals surface area contributed by atoms with E-state index >= 15 is 0 Å². The van der Waals surface area contributed by atoms with Gasteiger partial charge in [0.05, 0.1) is 17.0 Å². The van der Waals surface area contributed by atoms with Crippen molar-refractivity contribution < 1.29 is 4.98 Å². The third-order valence-corrected chi connectivity index (χ3v) is 5.66. The van der Waals surface area contributed by atoms with Crippen LogP contribution in [0.3, 0.4) is 0 Å². The van der Waals surface area contributed by atoms with Gasteiger partial charge in [-0.15, -0.1) is 16.9 Å². The number of nitrogens with one attached hydrogen (secondary N) is 2. The Morgan fingerprint density at radius 2 is 1.81 bits per heavy atom. The van der Waals surface area contributed by atoms with E-state index in [0.717, 1.165) is 26.8 Å². The molecule has 27 heavy (non-hydrogen) atoms. The predicted octanol–water partition coefficient (Wildman–Crippen LogP) is 4.69. The minimum absolute atomic E-state index is 0.100. The molecule has 4 rings (SSSR count). The molecule has 2 aromatic carbocycles. The number of nitrogens with zero attached hydrogens (tertiary/aromatic N) is 3. The first-order valence-corrected chi connectivity index (χ1v) is 9.92. The number of aromatic amines is 1. The standard InChI is InChI=1S/C20H18ClN5S/c1-14(27-16-11-9-15(21)10-12-16)20(23-19-8-4-5-13-22-19)26-18-7-3-2-6-17(18)24-25-26/h2-14,20H,1H3,(H,22,23)/p+1/t14-,20-/m1/s1. The minimum Gasteiger partial charge on any atom is -0.251 e. The van der Waals surface area contributed by atoms with Gasteiger partial charge in [0.15, 0.2) is 0 Å². The summed E-state index contributed by atoms with van der Waals surface area (Å²) >= 11 is 7.78. The summed E-state index contributed by atoms with van der Waals surface area (Å²) in [6, 6.07) is 21.8. The summed E-state index contributed by atoms with van der Waals surface area (Å²) in [5, 5.41) is 13.2. The third-order valence-electron chi connectivity index (χ3n) is 4.23. The Bertz CT molecular complexity index is 1020. The summed E-state index contributed by atoms with van der Waals surface area (Å²) < 4.78 is 1.95. The van der Waals surface area contributed by atoms with Crippen molar-refractivity contribution in [2.24, 2.45) is 0 Å². The highest BCUT2D eigenvalue weighted by molar-refractivity contribution is 8.00. The molecule has 0 amide bonds. The number of benzene rings is 2. The van der Waals surface area contributed by atoms with Gasteiger partial charge in [0.1, 0.15) is 5.52 Å². The monoisotopic (exact) mass is 396 g/mol. The Balaban J connectivity index is 1.67. The lowest BCUT2D eigenvalue weighted by Crippen LogP contribution is -2.30. The smallest absolute Gasteiger partial charge is 0.251 e. The van der Waals surface area contributed by atoms with Gasteiger partial charge in [-0.1, -0.05) is 35.0 Å². The second-order valence-corrected chi connectivity index (χ2v) is 8.05. The highest BCUT2D eigenvalue weighted by atomic mass is 35.5. The normalized spacial score (nSPS) is 13.4. The molecule has 0 saturated heterocycles. The van der Waals surface area contributed by atoms with E-state index in [1.165, 1.54) is 0 Å². The Hall–Kier alpha value is -2.57. The Morgan fingerprint density at radius 3 is 2.59 bits per heavy atom. The SMILES string of the molecule is C[C@@H](Sc1ccc(Cl)cc1)[C@H](Nc1cccc[nH+]1)n1nnc2ccccc21. The van der Waals surface area contributed by atoms with Crippen LogP contribution in [0.4, 0.5) is 5.82 Å². The van der Waals surface area contributed by atoms with Crippen molar-refractivity contribution in [3.8, 4) is 0 Å². The molecule has 0 aliphatic heterocycles. The van der Waals surface area contributed by atoms with E-state index < -0.39 is 0 Å². The second-order valence-electron chi connectivity index (χ2n) is 6.17. The molecule has 0 bridgehead atoms. The minimum atomic E-state index is -0.100. The molecule has 0 unspecified atom stereocenters. The molecular formula is C20H19ClN5S+. The van der Waals surface area contributed by atoms with Gasteiger partial charge in [0.2, 0.25) is 6.17 Å². The second kappa shape index (κ2) is 7.98. The Kier molecular flexibility index (Phi) is 5.27. The number of para-hydroxylation sites is 1. The molecule has 0 radical (unpaired) electrons. The fraction of sp³-hybridized carbons (Fsp3) is 0.150. The summed E-state index contributed by atoms with van der Waals surface area (Å²) in [6.45, 7) is 2.18. The average Bonchev–Trinajstić information content (AvgIpc) is 3.12. The summed E-state index contributed by atoms with van der Waals surface area (Å²) in [5.74, 6) is 0.922. The maximum absolute atomic E-state index is 6.02. The van der Waals surface area contributed by atoms with Gasteiger partial charge in [-0.3, -0.25) is 5.32 Å². The van der Waals surface area contributed by atoms with Crippen molar-refractivity contribution in [2.45, 2.75) is 23.2 Å². The molecule has 0 spiro atoms. The number of hydrogen-bond donors (Lipinski definition) is 1. The zero-order valence-electron chi connectivity index (χ0n) is 14.7. The molecule has 136 valence electrons. The summed E-state index contributed by atoms with van der Waals surface area (Å²) in [5.41, 5.74) is 1.87. The van der Waals surface area contributed by atoms with Gasteiger partial charge >= 0.3 is 0 Å². The molecule has 0 aliphatic carbocycles. The van der Waals surface area contributed by atoms with Crippen LogP contribution in [0.5, 0.6) is 0 Å². The number of aromatic nitrogens is 4. The first-order chi connectivity index (χ1) is 13.2. The molecule has 2 atom stereocenters. The van der Waals surface area contributed by atoms with E-state index in [1.807, 2.05) is 77.6 Å². The number of thioether (sulfide) groups is 1. The van der Waals surface area contributed by atoms with Crippen molar-refractivity contribution in [1.82, 2.24) is 15.0 Å². The molecular weight excluding hydrogens is 378 g/mol. The first-order valence-electron chi connectivity index (χ1n) is 8.66. The van der Waals surface area contributed by atoms with Gasteiger partial charge in [-0.25, -0.2) is 9.67 Å². The number of rotatable bonds is 6. The van der Waals surface area contributed by atoms with Crippen LogP contribution >= 0.6 is 23.4 Å². The van der Waals surface area contributed by atoms with Gasteiger partial charge < -0.3 is 0 Å². The van der Waals surface area contributed by atoms with E-state index in [0.29, 0.717) is 0 Å².